The standard InChI is InChI=1S/C14H18O3/c1-8-4-9(2)12(10(3)5-8)13(14(15)16)11-6-17-7-11/h4-5,11,13H,6-7H2,1-3H3,(H,15,16). The first-order chi connectivity index (χ1) is 8.00. The van der Waals surface area contributed by atoms with Crippen molar-refractivity contribution in [1.82, 2.24) is 0 Å². The van der Waals surface area contributed by atoms with Crippen molar-refractivity contribution < 1.29 is 14.6 Å². The number of hydrogen-bond donors (Lipinski definition) is 1. The molecule has 0 aromatic heterocycles. The molecule has 0 radical (unpaired) electrons. The van der Waals surface area contributed by atoms with Gasteiger partial charge in [-0.15, -0.1) is 0 Å². The molecular weight excluding hydrogens is 216 g/mol. The Bertz CT molecular complexity index is 424. The minimum Gasteiger partial charge on any atom is -0.481 e. The molecule has 92 valence electrons. The molecule has 1 aliphatic heterocycles. The molecule has 0 spiro atoms. The number of carboxylic acid groups (broad SMARTS) is 1. The Balaban J connectivity index is 2.45. The number of ether oxygens (including phenoxy) is 1. The molecule has 1 heterocycles. The van der Waals surface area contributed by atoms with E-state index in [-0.39, 0.29) is 5.92 Å². The number of aryl methyl sites for hydroxylation is 3. The lowest BCUT2D eigenvalue weighted by Crippen LogP contribution is -2.37. The first kappa shape index (κ1) is 12.1. The van der Waals surface area contributed by atoms with Crippen LogP contribution in [0.3, 0.4) is 0 Å². The summed E-state index contributed by atoms with van der Waals surface area (Å²) in [6.45, 7) is 7.13. The molecule has 1 N–H and O–H groups in total. The molecule has 3 nitrogen and oxygen atoms in total. The van der Waals surface area contributed by atoms with Gasteiger partial charge in [-0.25, -0.2) is 0 Å². The molecule has 0 bridgehead atoms. The molecule has 0 amide bonds. The molecule has 0 saturated carbocycles. The average Bonchev–Trinajstić information content (AvgIpc) is 2.11. The summed E-state index contributed by atoms with van der Waals surface area (Å²) in [5.74, 6) is -1.05. The van der Waals surface area contributed by atoms with Crippen molar-refractivity contribution in [2.24, 2.45) is 5.92 Å². The number of rotatable bonds is 3. The van der Waals surface area contributed by atoms with Gasteiger partial charge in [0.15, 0.2) is 0 Å². The third-order valence-corrected chi connectivity index (χ3v) is 3.45. The van der Waals surface area contributed by atoms with Crippen LogP contribution in [0, 0.1) is 26.7 Å². The topological polar surface area (TPSA) is 46.5 Å². The van der Waals surface area contributed by atoms with E-state index in [1.54, 1.807) is 0 Å². The quantitative estimate of drug-likeness (QED) is 0.873. The van der Waals surface area contributed by atoms with Crippen LogP contribution in [0.5, 0.6) is 0 Å². The zero-order valence-corrected chi connectivity index (χ0v) is 10.5. The van der Waals surface area contributed by atoms with Gasteiger partial charge in [-0.3, -0.25) is 4.79 Å². The summed E-state index contributed by atoms with van der Waals surface area (Å²) in [4.78, 5) is 11.5. The fourth-order valence-electron chi connectivity index (χ4n) is 2.69. The van der Waals surface area contributed by atoms with Gasteiger partial charge in [-0.05, 0) is 37.5 Å². The van der Waals surface area contributed by atoms with Crippen LogP contribution in [-0.4, -0.2) is 24.3 Å². The van der Waals surface area contributed by atoms with Crippen LogP contribution >= 0.6 is 0 Å². The summed E-state index contributed by atoms with van der Waals surface area (Å²) in [5.41, 5.74) is 4.29. The maximum Gasteiger partial charge on any atom is 0.311 e. The first-order valence-electron chi connectivity index (χ1n) is 5.89. The van der Waals surface area contributed by atoms with Gasteiger partial charge in [-0.2, -0.15) is 0 Å². The van der Waals surface area contributed by atoms with E-state index in [1.807, 2.05) is 20.8 Å². The van der Waals surface area contributed by atoms with Gasteiger partial charge in [-0.1, -0.05) is 17.7 Å². The Labute approximate surface area is 101 Å². The van der Waals surface area contributed by atoms with Crippen molar-refractivity contribution in [1.29, 1.82) is 0 Å². The van der Waals surface area contributed by atoms with Crippen molar-refractivity contribution in [2.45, 2.75) is 26.7 Å². The average molecular weight is 234 g/mol. The fraction of sp³-hybridized carbons (Fsp3) is 0.500. The molecule has 1 aliphatic rings. The Morgan fingerprint density at radius 2 is 1.82 bits per heavy atom. The van der Waals surface area contributed by atoms with Crippen molar-refractivity contribution in [3.05, 3.63) is 34.4 Å². The molecule has 1 aromatic carbocycles. The summed E-state index contributed by atoms with van der Waals surface area (Å²) in [7, 11) is 0. The van der Waals surface area contributed by atoms with Crippen LogP contribution in [-0.2, 0) is 9.53 Å². The van der Waals surface area contributed by atoms with Gasteiger partial charge in [0.25, 0.3) is 0 Å². The van der Waals surface area contributed by atoms with Gasteiger partial charge < -0.3 is 9.84 Å². The van der Waals surface area contributed by atoms with Crippen molar-refractivity contribution in [3.63, 3.8) is 0 Å². The number of carbonyl (C=O) groups is 1. The monoisotopic (exact) mass is 234 g/mol. The Morgan fingerprint density at radius 3 is 2.18 bits per heavy atom. The molecule has 1 unspecified atom stereocenters. The van der Waals surface area contributed by atoms with Gasteiger partial charge in [0.05, 0.1) is 19.1 Å². The fourth-order valence-corrected chi connectivity index (χ4v) is 2.69. The maximum atomic E-state index is 11.5. The van der Waals surface area contributed by atoms with Gasteiger partial charge in [0.1, 0.15) is 0 Å². The Kier molecular flexibility index (Phi) is 3.20. The maximum absolute atomic E-state index is 11.5. The summed E-state index contributed by atoms with van der Waals surface area (Å²) < 4.78 is 5.13. The van der Waals surface area contributed by atoms with Crippen LogP contribution < -0.4 is 0 Å². The van der Waals surface area contributed by atoms with Gasteiger partial charge in [0.2, 0.25) is 0 Å². The number of aliphatic carboxylic acids is 1. The highest BCUT2D eigenvalue weighted by molar-refractivity contribution is 5.78. The SMILES string of the molecule is Cc1cc(C)c(C(C(=O)O)C2COC2)c(C)c1. The third kappa shape index (κ3) is 2.20. The van der Waals surface area contributed by atoms with Crippen LogP contribution in [0.15, 0.2) is 12.1 Å². The van der Waals surface area contributed by atoms with Crippen LogP contribution in [0.4, 0.5) is 0 Å². The molecule has 17 heavy (non-hydrogen) atoms. The summed E-state index contributed by atoms with van der Waals surface area (Å²) >= 11 is 0. The number of carboxylic acids is 1. The largest absolute Gasteiger partial charge is 0.481 e. The smallest absolute Gasteiger partial charge is 0.311 e. The minimum atomic E-state index is -0.742. The van der Waals surface area contributed by atoms with Crippen molar-refractivity contribution in [3.8, 4) is 0 Å². The lowest BCUT2D eigenvalue weighted by Gasteiger charge is -2.33. The molecular formula is C14H18O3. The van der Waals surface area contributed by atoms with E-state index < -0.39 is 11.9 Å². The molecule has 3 heteroatoms. The second-order valence-corrected chi connectivity index (χ2v) is 4.93. The van der Waals surface area contributed by atoms with Crippen LogP contribution in [0.25, 0.3) is 0 Å². The Hall–Kier alpha value is -1.35. The van der Waals surface area contributed by atoms with E-state index in [9.17, 15) is 9.90 Å². The summed E-state index contributed by atoms with van der Waals surface area (Å²) in [6, 6.07) is 4.11. The van der Waals surface area contributed by atoms with E-state index in [0.717, 1.165) is 16.7 Å². The zero-order valence-electron chi connectivity index (χ0n) is 10.5. The normalized spacial score (nSPS) is 17.6. The van der Waals surface area contributed by atoms with E-state index in [0.29, 0.717) is 13.2 Å². The molecule has 1 saturated heterocycles. The molecule has 0 aliphatic carbocycles. The molecule has 1 aromatic rings. The summed E-state index contributed by atoms with van der Waals surface area (Å²) in [5, 5.41) is 9.42. The van der Waals surface area contributed by atoms with Gasteiger partial charge >= 0.3 is 5.97 Å². The highest BCUT2D eigenvalue weighted by Crippen LogP contribution is 2.34. The molecule has 2 rings (SSSR count). The molecule has 1 atom stereocenters. The van der Waals surface area contributed by atoms with Crippen molar-refractivity contribution >= 4 is 5.97 Å². The third-order valence-electron chi connectivity index (χ3n) is 3.45. The lowest BCUT2D eigenvalue weighted by molar-refractivity contribution is -0.146. The van der Waals surface area contributed by atoms with E-state index in [4.69, 9.17) is 4.74 Å². The first-order valence-corrected chi connectivity index (χ1v) is 5.89. The van der Waals surface area contributed by atoms with E-state index in [2.05, 4.69) is 12.1 Å². The minimum absolute atomic E-state index is 0.118. The van der Waals surface area contributed by atoms with E-state index >= 15 is 0 Å². The van der Waals surface area contributed by atoms with Crippen molar-refractivity contribution in [2.75, 3.05) is 13.2 Å². The van der Waals surface area contributed by atoms with Crippen LogP contribution in [0.1, 0.15) is 28.2 Å². The second kappa shape index (κ2) is 4.49. The highest BCUT2D eigenvalue weighted by atomic mass is 16.5. The molecule has 1 fully saturated rings. The predicted octanol–water partition coefficient (Wildman–Crippen LogP) is 2.43. The summed E-state index contributed by atoms with van der Waals surface area (Å²) in [6.07, 6.45) is 0. The Morgan fingerprint density at radius 1 is 1.29 bits per heavy atom. The van der Waals surface area contributed by atoms with Gasteiger partial charge in [0, 0.05) is 5.92 Å². The number of hydrogen-bond acceptors (Lipinski definition) is 2. The second-order valence-electron chi connectivity index (χ2n) is 4.93. The zero-order chi connectivity index (χ0) is 12.6. The highest BCUT2D eigenvalue weighted by Gasteiger charge is 2.36. The number of benzene rings is 1. The lowest BCUT2D eigenvalue weighted by atomic mass is 9.80. The van der Waals surface area contributed by atoms with E-state index in [1.165, 1.54) is 5.56 Å². The predicted molar refractivity (Wildman–Crippen MR) is 65.3 cm³/mol. The van der Waals surface area contributed by atoms with Crippen LogP contribution in [0.2, 0.25) is 0 Å².